The smallest absolute Gasteiger partial charge is 0.306 e. The van der Waals surface area contributed by atoms with Crippen molar-refractivity contribution in [1.82, 2.24) is 0 Å². The molecule has 388 valence electrons. The Morgan fingerprint density at radius 3 is 0.985 bits per heavy atom. The Morgan fingerprint density at radius 1 is 0.309 bits per heavy atom. The molecule has 0 bridgehead atoms. The van der Waals surface area contributed by atoms with Gasteiger partial charge in [-0.05, 0) is 116 Å². The molecular weight excluding hydrogens is 841 g/mol. The molecule has 0 rings (SSSR count). The van der Waals surface area contributed by atoms with E-state index >= 15 is 0 Å². The molecule has 0 spiro atoms. The standard InChI is InChI=1S/C62H104O6/c1-4-7-10-13-16-19-22-24-26-28-30-31-33-34-36-38-40-43-46-49-52-55-61(64)67-58-59(57-66-60(63)54-51-48-45-42-21-18-15-12-9-6-3)68-62(65)56-53-50-47-44-41-39-37-35-32-29-27-25-23-20-17-14-11-8-5-2/h8,11-12,15,17,20,22,24-25,27-28,30,32,35,39,41,59H,4-7,9-10,13-14,16,18-19,21,23,26,29,31,33-34,36-38,40,42-58H2,1-3H3/b11-8-,15-12-,20-17-,24-22-,27-25-,30-28-,35-32-,41-39-. The summed E-state index contributed by atoms with van der Waals surface area (Å²) < 4.78 is 16.8. The van der Waals surface area contributed by atoms with E-state index in [0.717, 1.165) is 122 Å². The Morgan fingerprint density at radius 2 is 0.603 bits per heavy atom. The van der Waals surface area contributed by atoms with Crippen molar-refractivity contribution in [1.29, 1.82) is 0 Å². The second-order valence-electron chi connectivity index (χ2n) is 18.5. The molecule has 0 amide bonds. The van der Waals surface area contributed by atoms with Crippen molar-refractivity contribution in [2.45, 2.75) is 264 Å². The lowest BCUT2D eigenvalue weighted by atomic mass is 10.1. The van der Waals surface area contributed by atoms with Crippen LogP contribution in [0.3, 0.4) is 0 Å². The summed E-state index contributed by atoms with van der Waals surface area (Å²) >= 11 is 0. The molecular formula is C62H104O6. The number of allylic oxidation sites excluding steroid dienone is 16. The maximum atomic E-state index is 12.8. The molecule has 0 aromatic heterocycles. The van der Waals surface area contributed by atoms with E-state index < -0.39 is 6.10 Å². The summed E-state index contributed by atoms with van der Waals surface area (Å²) in [6.07, 6.45) is 74.0. The van der Waals surface area contributed by atoms with Gasteiger partial charge in [-0.1, -0.05) is 221 Å². The number of unbranched alkanes of at least 4 members (excludes halogenated alkanes) is 23. The van der Waals surface area contributed by atoms with E-state index in [1.165, 1.54) is 96.3 Å². The molecule has 0 aliphatic rings. The monoisotopic (exact) mass is 945 g/mol. The third kappa shape index (κ3) is 53.3. The van der Waals surface area contributed by atoms with E-state index in [9.17, 15) is 14.4 Å². The highest BCUT2D eigenvalue weighted by atomic mass is 16.6. The molecule has 0 fully saturated rings. The van der Waals surface area contributed by atoms with E-state index in [2.05, 4.69) is 118 Å². The van der Waals surface area contributed by atoms with Gasteiger partial charge in [-0.25, -0.2) is 0 Å². The van der Waals surface area contributed by atoms with Gasteiger partial charge in [0, 0.05) is 19.3 Å². The van der Waals surface area contributed by atoms with Crippen LogP contribution in [0.5, 0.6) is 0 Å². The first kappa shape index (κ1) is 64.3. The van der Waals surface area contributed by atoms with Crippen molar-refractivity contribution in [3.63, 3.8) is 0 Å². The number of rotatable bonds is 50. The van der Waals surface area contributed by atoms with Crippen molar-refractivity contribution in [2.24, 2.45) is 0 Å². The number of hydrogen-bond donors (Lipinski definition) is 0. The van der Waals surface area contributed by atoms with Crippen LogP contribution in [-0.4, -0.2) is 37.2 Å². The lowest BCUT2D eigenvalue weighted by Gasteiger charge is -2.18. The van der Waals surface area contributed by atoms with Gasteiger partial charge < -0.3 is 14.2 Å². The summed E-state index contributed by atoms with van der Waals surface area (Å²) in [6, 6.07) is 0. The van der Waals surface area contributed by atoms with Crippen LogP contribution in [0.1, 0.15) is 258 Å². The summed E-state index contributed by atoms with van der Waals surface area (Å²) in [7, 11) is 0. The zero-order chi connectivity index (χ0) is 49.3. The molecule has 0 saturated carbocycles. The predicted octanol–water partition coefficient (Wildman–Crippen LogP) is 18.9. The summed E-state index contributed by atoms with van der Waals surface area (Å²) in [5, 5.41) is 0. The highest BCUT2D eigenvalue weighted by molar-refractivity contribution is 5.71. The first-order valence-corrected chi connectivity index (χ1v) is 28.2. The lowest BCUT2D eigenvalue weighted by molar-refractivity contribution is -0.167. The molecule has 0 aromatic carbocycles. The van der Waals surface area contributed by atoms with E-state index in [1.807, 2.05) is 0 Å². The zero-order valence-electron chi connectivity index (χ0n) is 44.3. The Kier molecular flexibility index (Phi) is 52.9. The lowest BCUT2D eigenvalue weighted by Crippen LogP contribution is -2.30. The topological polar surface area (TPSA) is 78.9 Å². The van der Waals surface area contributed by atoms with Gasteiger partial charge >= 0.3 is 17.9 Å². The average Bonchev–Trinajstić information content (AvgIpc) is 3.34. The highest BCUT2D eigenvalue weighted by Gasteiger charge is 2.19. The quantitative estimate of drug-likeness (QED) is 0.0262. The van der Waals surface area contributed by atoms with Gasteiger partial charge in [0.25, 0.3) is 0 Å². The highest BCUT2D eigenvalue weighted by Crippen LogP contribution is 2.14. The molecule has 1 atom stereocenters. The zero-order valence-corrected chi connectivity index (χ0v) is 44.3. The fourth-order valence-corrected chi connectivity index (χ4v) is 7.56. The summed E-state index contributed by atoms with van der Waals surface area (Å²) in [5.41, 5.74) is 0. The third-order valence-electron chi connectivity index (χ3n) is 11.8. The van der Waals surface area contributed by atoms with Crippen LogP contribution >= 0.6 is 0 Å². The molecule has 0 heterocycles. The van der Waals surface area contributed by atoms with Gasteiger partial charge in [-0.2, -0.15) is 0 Å². The van der Waals surface area contributed by atoms with Gasteiger partial charge in [0.05, 0.1) is 0 Å². The Balaban J connectivity index is 4.38. The first-order valence-electron chi connectivity index (χ1n) is 28.2. The Labute approximate surface area is 419 Å². The number of ether oxygens (including phenoxy) is 3. The normalized spacial score (nSPS) is 12.8. The van der Waals surface area contributed by atoms with Gasteiger partial charge in [0.15, 0.2) is 6.10 Å². The van der Waals surface area contributed by atoms with Gasteiger partial charge in [-0.15, -0.1) is 0 Å². The Bertz CT molecular complexity index is 1360. The maximum Gasteiger partial charge on any atom is 0.306 e. The first-order chi connectivity index (χ1) is 33.5. The average molecular weight is 946 g/mol. The summed E-state index contributed by atoms with van der Waals surface area (Å²) in [4.78, 5) is 38.1. The molecule has 0 aliphatic carbocycles. The Hall–Kier alpha value is -3.67. The molecule has 68 heavy (non-hydrogen) atoms. The minimum Gasteiger partial charge on any atom is -0.462 e. The van der Waals surface area contributed by atoms with E-state index in [-0.39, 0.29) is 37.5 Å². The van der Waals surface area contributed by atoms with E-state index in [0.29, 0.717) is 12.8 Å². The second kappa shape index (κ2) is 55.9. The minimum atomic E-state index is -0.801. The summed E-state index contributed by atoms with van der Waals surface area (Å²) in [6.45, 7) is 6.42. The maximum absolute atomic E-state index is 12.8. The van der Waals surface area contributed by atoms with Crippen LogP contribution in [0, 0.1) is 0 Å². The molecule has 0 aromatic rings. The minimum absolute atomic E-state index is 0.0965. The number of carbonyl (C=O) groups is 3. The van der Waals surface area contributed by atoms with Crippen molar-refractivity contribution >= 4 is 17.9 Å². The second-order valence-corrected chi connectivity index (χ2v) is 18.5. The molecule has 0 radical (unpaired) electrons. The number of esters is 3. The molecule has 6 heteroatoms. The van der Waals surface area contributed by atoms with Crippen LogP contribution in [0.25, 0.3) is 0 Å². The van der Waals surface area contributed by atoms with Crippen molar-refractivity contribution in [3.8, 4) is 0 Å². The van der Waals surface area contributed by atoms with Crippen LogP contribution in [0.4, 0.5) is 0 Å². The molecule has 6 nitrogen and oxygen atoms in total. The van der Waals surface area contributed by atoms with Crippen molar-refractivity contribution in [2.75, 3.05) is 13.2 Å². The summed E-state index contributed by atoms with van der Waals surface area (Å²) in [5.74, 6) is -0.943. The number of hydrogen-bond acceptors (Lipinski definition) is 6. The number of carbonyl (C=O) groups excluding carboxylic acids is 3. The molecule has 0 aliphatic heterocycles. The fourth-order valence-electron chi connectivity index (χ4n) is 7.56. The predicted molar refractivity (Wildman–Crippen MR) is 293 cm³/mol. The van der Waals surface area contributed by atoms with Crippen LogP contribution in [-0.2, 0) is 28.6 Å². The van der Waals surface area contributed by atoms with Crippen LogP contribution in [0.2, 0.25) is 0 Å². The third-order valence-corrected chi connectivity index (χ3v) is 11.8. The van der Waals surface area contributed by atoms with Crippen LogP contribution < -0.4 is 0 Å². The SMILES string of the molecule is CC/C=C\C/C=C\C/C=C\C/C=C\C/C=C\CCCCCC(=O)OC(COC(=O)CCCCCCC/C=C\CCC)COC(=O)CCCCCCCCCCC/C=C\C/C=C\CCCCCCC. The van der Waals surface area contributed by atoms with Crippen LogP contribution in [0.15, 0.2) is 97.2 Å². The largest absolute Gasteiger partial charge is 0.462 e. The van der Waals surface area contributed by atoms with Crippen molar-refractivity contribution < 1.29 is 28.6 Å². The van der Waals surface area contributed by atoms with Gasteiger partial charge in [0.2, 0.25) is 0 Å². The molecule has 1 unspecified atom stereocenters. The van der Waals surface area contributed by atoms with E-state index in [4.69, 9.17) is 14.2 Å². The van der Waals surface area contributed by atoms with Crippen molar-refractivity contribution in [3.05, 3.63) is 97.2 Å². The van der Waals surface area contributed by atoms with Gasteiger partial charge in [0.1, 0.15) is 13.2 Å². The van der Waals surface area contributed by atoms with E-state index in [1.54, 1.807) is 0 Å². The molecule has 0 saturated heterocycles. The van der Waals surface area contributed by atoms with Gasteiger partial charge in [-0.3, -0.25) is 14.4 Å². The fraction of sp³-hybridized carbons (Fsp3) is 0.694. The molecule has 0 N–H and O–H groups in total.